The summed E-state index contributed by atoms with van der Waals surface area (Å²) in [6.45, 7) is -0.783. The molecule has 6 nitrogen and oxygen atoms in total. The Labute approximate surface area is 154 Å². The van der Waals surface area contributed by atoms with E-state index in [-0.39, 0.29) is 18.6 Å². The van der Waals surface area contributed by atoms with Crippen LogP contribution in [0.2, 0.25) is 0 Å². The van der Waals surface area contributed by atoms with E-state index in [9.17, 15) is 18.4 Å². The number of aromatic nitrogens is 2. The van der Waals surface area contributed by atoms with Crippen molar-refractivity contribution in [2.45, 2.75) is 31.2 Å². The van der Waals surface area contributed by atoms with Gasteiger partial charge in [0.05, 0.1) is 12.6 Å². The number of rotatable bonds is 5. The number of hydrogen-bond donors (Lipinski definition) is 0. The van der Waals surface area contributed by atoms with Crippen molar-refractivity contribution in [1.82, 2.24) is 14.9 Å². The first-order chi connectivity index (χ1) is 12.9. The van der Waals surface area contributed by atoms with Crippen LogP contribution in [0.5, 0.6) is 0 Å². The topological polar surface area (TPSA) is 87.0 Å². The number of carbonyl (C=O) groups is 2. The second-order valence-corrected chi connectivity index (χ2v) is 6.31. The smallest absolute Gasteiger partial charge is 0.268 e. The Bertz CT molecular complexity index is 896. The molecule has 0 unspecified atom stereocenters. The summed E-state index contributed by atoms with van der Waals surface area (Å²) in [5.74, 6) is -3.99. The fourth-order valence-corrected chi connectivity index (χ4v) is 3.08. The summed E-state index contributed by atoms with van der Waals surface area (Å²) in [6, 6.07) is 5.64. The molecule has 3 rings (SSSR count). The van der Waals surface area contributed by atoms with Crippen LogP contribution in [0.1, 0.15) is 29.6 Å². The molecule has 0 radical (unpaired) electrons. The molecular formula is C19H16F2N4O2. The van der Waals surface area contributed by atoms with Gasteiger partial charge in [0.1, 0.15) is 6.04 Å². The highest BCUT2D eigenvalue weighted by molar-refractivity contribution is 6.03. The summed E-state index contributed by atoms with van der Waals surface area (Å²) in [6.07, 6.45) is 5.18. The number of likely N-dealkylation sites (tertiary alicyclic amines) is 1. The van der Waals surface area contributed by atoms with Crippen LogP contribution >= 0.6 is 0 Å². The molecule has 27 heavy (non-hydrogen) atoms. The van der Waals surface area contributed by atoms with Crippen molar-refractivity contribution in [2.24, 2.45) is 0 Å². The number of pyridine rings is 2. The van der Waals surface area contributed by atoms with Gasteiger partial charge < -0.3 is 4.90 Å². The Kier molecular flexibility index (Phi) is 5.21. The van der Waals surface area contributed by atoms with Crippen LogP contribution in [0.4, 0.5) is 8.78 Å². The molecule has 3 heterocycles. The summed E-state index contributed by atoms with van der Waals surface area (Å²) in [5, 5.41) is 8.98. The van der Waals surface area contributed by atoms with Crippen molar-refractivity contribution in [3.05, 3.63) is 48.5 Å². The van der Waals surface area contributed by atoms with Gasteiger partial charge in [-0.1, -0.05) is 6.07 Å². The molecule has 0 saturated carbocycles. The monoisotopic (exact) mass is 370 g/mol. The third-order valence-electron chi connectivity index (χ3n) is 4.40. The van der Waals surface area contributed by atoms with Gasteiger partial charge in [-0.15, -0.1) is 0 Å². The van der Waals surface area contributed by atoms with Crippen LogP contribution in [0.25, 0.3) is 11.1 Å². The molecular weight excluding hydrogens is 354 g/mol. The molecule has 138 valence electrons. The summed E-state index contributed by atoms with van der Waals surface area (Å²) in [4.78, 5) is 33.8. The molecule has 1 aliphatic rings. The molecule has 2 aromatic heterocycles. The number of amides is 1. The lowest BCUT2D eigenvalue weighted by molar-refractivity contribution is -0.132. The van der Waals surface area contributed by atoms with E-state index >= 15 is 0 Å². The van der Waals surface area contributed by atoms with Crippen LogP contribution in [0.3, 0.4) is 0 Å². The van der Waals surface area contributed by atoms with Gasteiger partial charge >= 0.3 is 0 Å². The minimum atomic E-state index is -3.07. The number of ketones is 1. The predicted molar refractivity (Wildman–Crippen MR) is 91.7 cm³/mol. The number of hydrogen-bond acceptors (Lipinski definition) is 5. The van der Waals surface area contributed by atoms with Crippen LogP contribution in [-0.2, 0) is 4.79 Å². The number of nitriles is 1. The van der Waals surface area contributed by atoms with Gasteiger partial charge in [-0.05, 0) is 12.1 Å². The van der Waals surface area contributed by atoms with Crippen molar-refractivity contribution in [3.63, 3.8) is 0 Å². The van der Waals surface area contributed by atoms with Crippen molar-refractivity contribution in [2.75, 3.05) is 6.54 Å². The molecule has 1 fully saturated rings. The highest BCUT2D eigenvalue weighted by Gasteiger charge is 2.47. The van der Waals surface area contributed by atoms with Crippen LogP contribution in [0.15, 0.2) is 43.0 Å². The lowest BCUT2D eigenvalue weighted by atomic mass is 9.98. The Balaban J connectivity index is 1.71. The van der Waals surface area contributed by atoms with E-state index < -0.39 is 30.8 Å². The fraction of sp³-hybridized carbons (Fsp3) is 0.316. The van der Waals surface area contributed by atoms with Crippen molar-refractivity contribution in [3.8, 4) is 17.2 Å². The molecule has 0 bridgehead atoms. The Morgan fingerprint density at radius 1 is 1.22 bits per heavy atom. The fourth-order valence-electron chi connectivity index (χ4n) is 3.08. The molecule has 1 aliphatic heterocycles. The zero-order valence-corrected chi connectivity index (χ0v) is 14.3. The number of Topliss-reactive ketones (excluding diaryl/α,β-unsaturated/α-hetero) is 1. The van der Waals surface area contributed by atoms with E-state index in [4.69, 9.17) is 5.26 Å². The van der Waals surface area contributed by atoms with Gasteiger partial charge in [-0.3, -0.25) is 19.6 Å². The molecule has 0 aromatic carbocycles. The van der Waals surface area contributed by atoms with E-state index in [0.717, 1.165) is 4.90 Å². The average Bonchev–Trinajstić information content (AvgIpc) is 3.01. The first-order valence-corrected chi connectivity index (χ1v) is 8.36. The molecule has 8 heteroatoms. The van der Waals surface area contributed by atoms with Crippen LogP contribution < -0.4 is 0 Å². The summed E-state index contributed by atoms with van der Waals surface area (Å²) >= 11 is 0. The Morgan fingerprint density at radius 2 is 2.00 bits per heavy atom. The number of halogens is 2. The maximum absolute atomic E-state index is 13.5. The third-order valence-corrected chi connectivity index (χ3v) is 4.40. The molecule has 1 saturated heterocycles. The normalized spacial score (nSPS) is 18.1. The predicted octanol–water partition coefficient (Wildman–Crippen LogP) is 2.87. The summed E-state index contributed by atoms with van der Waals surface area (Å²) in [5.41, 5.74) is 1.68. The van der Waals surface area contributed by atoms with Gasteiger partial charge in [-0.25, -0.2) is 8.78 Å². The Hall–Kier alpha value is -3.21. The van der Waals surface area contributed by atoms with E-state index in [1.165, 1.54) is 6.20 Å². The van der Waals surface area contributed by atoms with Crippen molar-refractivity contribution in [1.29, 1.82) is 5.26 Å². The van der Waals surface area contributed by atoms with Gasteiger partial charge in [-0.2, -0.15) is 5.26 Å². The van der Waals surface area contributed by atoms with Gasteiger partial charge in [0.25, 0.3) is 5.92 Å². The average molecular weight is 370 g/mol. The summed E-state index contributed by atoms with van der Waals surface area (Å²) in [7, 11) is 0. The molecule has 1 amide bonds. The lowest BCUT2D eigenvalue weighted by Crippen LogP contribution is -2.36. The first-order valence-electron chi connectivity index (χ1n) is 8.36. The number of carbonyl (C=O) groups excluding carboxylic acids is 2. The second kappa shape index (κ2) is 7.58. The highest BCUT2D eigenvalue weighted by Crippen LogP contribution is 2.32. The second-order valence-electron chi connectivity index (χ2n) is 6.31. The van der Waals surface area contributed by atoms with Crippen LogP contribution in [0, 0.1) is 11.3 Å². The standard InChI is InChI=1S/C19H16F2N4O2/c20-19(21)8-14(9-22)25(12-19)18(27)4-3-17(26)15-5-7-24-11-16(15)13-2-1-6-23-10-13/h1-2,5-7,10-11,14H,3-4,8,12H2/t14-/m0/s1. The molecule has 0 spiro atoms. The SMILES string of the molecule is N#C[C@@H]1CC(F)(F)CN1C(=O)CCC(=O)c1ccncc1-c1cccnc1. The Morgan fingerprint density at radius 3 is 2.70 bits per heavy atom. The van der Waals surface area contributed by atoms with E-state index in [1.807, 2.05) is 0 Å². The molecule has 0 aliphatic carbocycles. The molecule has 2 aromatic rings. The zero-order chi connectivity index (χ0) is 19.4. The highest BCUT2D eigenvalue weighted by atomic mass is 19.3. The van der Waals surface area contributed by atoms with Crippen molar-refractivity contribution < 1.29 is 18.4 Å². The van der Waals surface area contributed by atoms with Gasteiger partial charge in [0, 0.05) is 60.7 Å². The van der Waals surface area contributed by atoms with E-state index in [2.05, 4.69) is 9.97 Å². The number of nitrogens with zero attached hydrogens (tertiary/aromatic N) is 4. The van der Waals surface area contributed by atoms with Gasteiger partial charge in [0.2, 0.25) is 5.91 Å². The molecule has 0 N–H and O–H groups in total. The first kappa shape index (κ1) is 18.6. The zero-order valence-electron chi connectivity index (χ0n) is 14.3. The van der Waals surface area contributed by atoms with Crippen molar-refractivity contribution >= 4 is 11.7 Å². The van der Waals surface area contributed by atoms with E-state index in [0.29, 0.717) is 16.7 Å². The quantitative estimate of drug-likeness (QED) is 0.756. The number of alkyl halides is 2. The molecule has 1 atom stereocenters. The summed E-state index contributed by atoms with van der Waals surface area (Å²) < 4.78 is 26.9. The minimum absolute atomic E-state index is 0.143. The minimum Gasteiger partial charge on any atom is -0.320 e. The maximum atomic E-state index is 13.5. The maximum Gasteiger partial charge on any atom is 0.268 e. The third kappa shape index (κ3) is 4.14. The lowest BCUT2D eigenvalue weighted by Gasteiger charge is -2.19. The van der Waals surface area contributed by atoms with Gasteiger partial charge in [0.15, 0.2) is 5.78 Å². The van der Waals surface area contributed by atoms with E-state index in [1.54, 1.807) is 42.9 Å². The largest absolute Gasteiger partial charge is 0.320 e. The van der Waals surface area contributed by atoms with Crippen LogP contribution in [-0.4, -0.2) is 45.1 Å².